The minimum atomic E-state index is -0.191. The van der Waals surface area contributed by atoms with Crippen LogP contribution in [0.3, 0.4) is 0 Å². The Labute approximate surface area is 202 Å². The molecule has 0 unspecified atom stereocenters. The molecule has 0 aliphatic heterocycles. The summed E-state index contributed by atoms with van der Waals surface area (Å²) >= 11 is 14.8. The van der Waals surface area contributed by atoms with Crippen molar-refractivity contribution in [3.63, 3.8) is 0 Å². The van der Waals surface area contributed by atoms with Crippen LogP contribution in [0.5, 0.6) is 5.75 Å². The van der Waals surface area contributed by atoms with Gasteiger partial charge in [0.05, 0.1) is 16.5 Å². The van der Waals surface area contributed by atoms with Crippen molar-refractivity contribution in [2.45, 2.75) is 11.8 Å². The van der Waals surface area contributed by atoms with Crippen molar-refractivity contribution in [2.24, 2.45) is 7.05 Å². The first-order valence-electron chi connectivity index (χ1n) is 9.39. The molecule has 2 aromatic heterocycles. The zero-order valence-electron chi connectivity index (χ0n) is 16.8. The zero-order valence-corrected chi connectivity index (χ0v) is 19.9. The highest BCUT2D eigenvalue weighted by molar-refractivity contribution is 7.99. The van der Waals surface area contributed by atoms with Crippen LogP contribution in [0.4, 0.5) is 5.13 Å². The number of hydrogen-bond acceptors (Lipinski definition) is 7. The van der Waals surface area contributed by atoms with E-state index in [9.17, 15) is 4.79 Å². The summed E-state index contributed by atoms with van der Waals surface area (Å²) < 4.78 is 7.52. The summed E-state index contributed by atoms with van der Waals surface area (Å²) in [6.07, 6.45) is 0. The van der Waals surface area contributed by atoms with Gasteiger partial charge in [0.25, 0.3) is 0 Å². The Balaban J connectivity index is 1.31. The maximum absolute atomic E-state index is 12.4. The Morgan fingerprint density at radius 3 is 2.78 bits per heavy atom. The topological polar surface area (TPSA) is 81.9 Å². The minimum absolute atomic E-state index is 0.169. The Bertz CT molecular complexity index is 1230. The molecule has 7 nitrogen and oxygen atoms in total. The number of carbonyl (C=O) groups is 1. The number of ether oxygens (including phenoxy) is 1. The number of rotatable bonds is 8. The van der Waals surface area contributed by atoms with Crippen molar-refractivity contribution in [2.75, 3.05) is 11.1 Å². The van der Waals surface area contributed by atoms with Crippen molar-refractivity contribution in [1.29, 1.82) is 0 Å². The molecule has 32 heavy (non-hydrogen) atoms. The van der Waals surface area contributed by atoms with Crippen molar-refractivity contribution >= 4 is 57.3 Å². The van der Waals surface area contributed by atoms with Crippen LogP contribution < -0.4 is 10.1 Å². The summed E-state index contributed by atoms with van der Waals surface area (Å²) in [6, 6.07) is 14.7. The molecule has 4 aromatic rings. The van der Waals surface area contributed by atoms with Crippen LogP contribution in [0, 0.1) is 0 Å². The van der Waals surface area contributed by atoms with Gasteiger partial charge in [0.2, 0.25) is 5.91 Å². The molecule has 4 rings (SSSR count). The highest BCUT2D eigenvalue weighted by atomic mass is 35.5. The van der Waals surface area contributed by atoms with Crippen molar-refractivity contribution in [1.82, 2.24) is 19.7 Å². The number of thiazole rings is 1. The lowest BCUT2D eigenvalue weighted by atomic mass is 10.2. The normalized spacial score (nSPS) is 10.8. The first-order valence-corrected chi connectivity index (χ1v) is 12.0. The van der Waals surface area contributed by atoms with Crippen molar-refractivity contribution < 1.29 is 9.53 Å². The quantitative estimate of drug-likeness (QED) is 0.316. The van der Waals surface area contributed by atoms with E-state index < -0.39 is 0 Å². The van der Waals surface area contributed by atoms with Gasteiger partial charge in [-0.25, -0.2) is 4.98 Å². The molecule has 1 amide bonds. The minimum Gasteiger partial charge on any atom is -0.486 e. The highest BCUT2D eigenvalue weighted by Crippen LogP contribution is 2.32. The second-order valence-electron chi connectivity index (χ2n) is 6.56. The Kier molecular flexibility index (Phi) is 7.31. The molecule has 2 aromatic carbocycles. The average Bonchev–Trinajstić information content (AvgIpc) is 3.38. The van der Waals surface area contributed by atoms with Gasteiger partial charge in [0.1, 0.15) is 12.4 Å². The smallest absolute Gasteiger partial charge is 0.236 e. The van der Waals surface area contributed by atoms with Gasteiger partial charge in [-0.2, -0.15) is 0 Å². The van der Waals surface area contributed by atoms with Crippen LogP contribution in [0.25, 0.3) is 11.3 Å². The number of halogens is 2. The number of aromatic nitrogens is 4. The van der Waals surface area contributed by atoms with E-state index in [-0.39, 0.29) is 18.3 Å². The lowest BCUT2D eigenvalue weighted by Gasteiger charge is -2.06. The van der Waals surface area contributed by atoms with Crippen molar-refractivity contribution in [3.05, 3.63) is 69.8 Å². The predicted octanol–water partition coefficient (Wildman–Crippen LogP) is 5.56. The number of carbonyl (C=O) groups excluding carboxylic acids is 1. The van der Waals surface area contributed by atoms with E-state index in [1.165, 1.54) is 23.1 Å². The first kappa shape index (κ1) is 22.6. The van der Waals surface area contributed by atoms with Gasteiger partial charge < -0.3 is 14.6 Å². The average molecular weight is 506 g/mol. The van der Waals surface area contributed by atoms with Gasteiger partial charge in [-0.1, -0.05) is 53.2 Å². The molecule has 0 atom stereocenters. The summed E-state index contributed by atoms with van der Waals surface area (Å²) in [4.78, 5) is 16.8. The largest absolute Gasteiger partial charge is 0.486 e. The van der Waals surface area contributed by atoms with Crippen LogP contribution in [-0.2, 0) is 18.4 Å². The Morgan fingerprint density at radius 1 is 1.19 bits per heavy atom. The van der Waals surface area contributed by atoms with E-state index in [1.807, 2.05) is 47.3 Å². The third kappa shape index (κ3) is 5.60. The lowest BCUT2D eigenvalue weighted by molar-refractivity contribution is -0.113. The third-order valence-corrected chi connectivity index (χ3v) is 6.65. The number of hydrogen-bond donors (Lipinski definition) is 1. The number of thioether (sulfide) groups is 1. The van der Waals surface area contributed by atoms with Gasteiger partial charge in [0, 0.05) is 23.0 Å². The number of amides is 1. The monoisotopic (exact) mass is 505 g/mol. The Morgan fingerprint density at radius 2 is 2.00 bits per heavy atom. The molecule has 0 bridgehead atoms. The van der Waals surface area contributed by atoms with Crippen LogP contribution in [0.2, 0.25) is 10.0 Å². The predicted molar refractivity (Wildman–Crippen MR) is 129 cm³/mol. The number of anilines is 1. The molecule has 0 saturated heterocycles. The molecule has 0 saturated carbocycles. The molecule has 2 heterocycles. The number of para-hydroxylation sites is 1. The molecule has 0 fully saturated rings. The van der Waals surface area contributed by atoms with Crippen LogP contribution >= 0.6 is 46.3 Å². The van der Waals surface area contributed by atoms with Crippen LogP contribution in [-0.4, -0.2) is 31.4 Å². The molecule has 164 valence electrons. The van der Waals surface area contributed by atoms with E-state index in [2.05, 4.69) is 20.5 Å². The maximum Gasteiger partial charge on any atom is 0.236 e. The number of nitrogens with zero attached hydrogens (tertiary/aromatic N) is 4. The van der Waals surface area contributed by atoms with E-state index >= 15 is 0 Å². The van der Waals surface area contributed by atoms with Gasteiger partial charge in [-0.05, 0) is 30.3 Å². The molecular formula is C21H17Cl2N5O2S2. The molecule has 0 radical (unpaired) electrons. The number of nitrogens with one attached hydrogen (secondary N) is 1. The Hall–Kier alpha value is -2.59. The van der Waals surface area contributed by atoms with Crippen LogP contribution in [0.1, 0.15) is 5.82 Å². The second-order valence-corrected chi connectivity index (χ2v) is 9.20. The summed E-state index contributed by atoms with van der Waals surface area (Å²) in [6.45, 7) is 0.287. The van der Waals surface area contributed by atoms with E-state index in [0.717, 1.165) is 11.3 Å². The summed E-state index contributed by atoms with van der Waals surface area (Å²) in [5.41, 5.74) is 1.43. The van der Waals surface area contributed by atoms with Gasteiger partial charge in [-0.15, -0.1) is 21.5 Å². The fraction of sp³-hybridized carbons (Fsp3) is 0.143. The van der Waals surface area contributed by atoms with Gasteiger partial charge in [0.15, 0.2) is 16.1 Å². The molecule has 0 spiro atoms. The maximum atomic E-state index is 12.4. The van der Waals surface area contributed by atoms with Crippen molar-refractivity contribution in [3.8, 4) is 17.0 Å². The van der Waals surface area contributed by atoms with E-state index in [1.54, 1.807) is 18.2 Å². The van der Waals surface area contributed by atoms with Crippen LogP contribution in [0.15, 0.2) is 59.1 Å². The standard InChI is InChI=1S/C21H17Cl2N5O2S2/c1-28-18(10-30-14-5-3-2-4-6-14)26-27-21(28)32-12-19(29)25-20-24-17(11-31-20)15-8-7-13(22)9-16(15)23/h2-9,11H,10,12H2,1H3,(H,24,25,29). The molecule has 0 aliphatic rings. The third-order valence-electron chi connectivity index (χ3n) is 4.33. The second kappa shape index (κ2) is 10.4. The van der Waals surface area contributed by atoms with Gasteiger partial charge >= 0.3 is 0 Å². The molecule has 1 N–H and O–H groups in total. The fourth-order valence-corrected chi connectivity index (χ4v) is 4.66. The fourth-order valence-electron chi connectivity index (χ4n) is 2.70. The first-order chi connectivity index (χ1) is 15.5. The molecule has 11 heteroatoms. The van der Waals surface area contributed by atoms with Gasteiger partial charge in [-0.3, -0.25) is 4.79 Å². The summed E-state index contributed by atoms with van der Waals surface area (Å²) in [7, 11) is 1.84. The SMILES string of the molecule is Cn1c(COc2ccccc2)nnc1SCC(=O)Nc1nc(-c2ccc(Cl)cc2Cl)cs1. The highest BCUT2D eigenvalue weighted by Gasteiger charge is 2.14. The zero-order chi connectivity index (χ0) is 22.5. The van der Waals surface area contributed by atoms with E-state index in [0.29, 0.717) is 31.9 Å². The van der Waals surface area contributed by atoms with E-state index in [4.69, 9.17) is 27.9 Å². The summed E-state index contributed by atoms with van der Waals surface area (Å²) in [5.74, 6) is 1.40. The molecule has 0 aliphatic carbocycles. The molecular weight excluding hydrogens is 489 g/mol. The lowest BCUT2D eigenvalue weighted by Crippen LogP contribution is -2.14. The number of benzene rings is 2. The summed E-state index contributed by atoms with van der Waals surface area (Å²) in [5, 5.41) is 15.1.